The standard InChI is InChI=1S/C7H13NO3/c1-3-5(4-11-2)6(8)7(9)10/h5,8H,3-4H2,1-2H3,(H,9,10)/t5-/m0/s1. The molecule has 0 aromatic carbocycles. The first-order valence-electron chi connectivity index (χ1n) is 3.44. The number of carboxylic acid groups (broad SMARTS) is 1. The molecule has 0 aliphatic rings. The van der Waals surface area contributed by atoms with Gasteiger partial charge in [-0.2, -0.15) is 0 Å². The molecule has 4 nitrogen and oxygen atoms in total. The lowest BCUT2D eigenvalue weighted by Gasteiger charge is -2.10. The third kappa shape index (κ3) is 3.13. The Labute approximate surface area is 65.7 Å². The van der Waals surface area contributed by atoms with Crippen molar-refractivity contribution in [2.75, 3.05) is 13.7 Å². The maximum atomic E-state index is 10.3. The van der Waals surface area contributed by atoms with Gasteiger partial charge in [0.05, 0.1) is 6.61 Å². The molecule has 2 N–H and O–H groups in total. The molecule has 0 spiro atoms. The minimum Gasteiger partial charge on any atom is -0.477 e. The van der Waals surface area contributed by atoms with Crippen LogP contribution in [-0.2, 0) is 9.53 Å². The van der Waals surface area contributed by atoms with Crippen LogP contribution < -0.4 is 0 Å². The van der Waals surface area contributed by atoms with Crippen molar-refractivity contribution < 1.29 is 14.6 Å². The molecule has 11 heavy (non-hydrogen) atoms. The maximum absolute atomic E-state index is 10.3. The van der Waals surface area contributed by atoms with Crippen molar-refractivity contribution in [3.8, 4) is 0 Å². The van der Waals surface area contributed by atoms with Gasteiger partial charge in [-0.1, -0.05) is 6.92 Å². The lowest BCUT2D eigenvalue weighted by atomic mass is 10.0. The van der Waals surface area contributed by atoms with Crippen LogP contribution in [0.4, 0.5) is 0 Å². The first-order valence-corrected chi connectivity index (χ1v) is 3.44. The van der Waals surface area contributed by atoms with Gasteiger partial charge in [0.2, 0.25) is 0 Å². The van der Waals surface area contributed by atoms with Crippen LogP contribution in [0.3, 0.4) is 0 Å². The third-order valence-corrected chi connectivity index (χ3v) is 1.50. The average Bonchev–Trinajstić information content (AvgIpc) is 1.98. The van der Waals surface area contributed by atoms with E-state index >= 15 is 0 Å². The van der Waals surface area contributed by atoms with Crippen LogP contribution in [0.15, 0.2) is 0 Å². The molecule has 0 aromatic rings. The molecule has 0 unspecified atom stereocenters. The largest absolute Gasteiger partial charge is 0.477 e. The van der Waals surface area contributed by atoms with Crippen LogP contribution in [0.1, 0.15) is 13.3 Å². The molecule has 4 heteroatoms. The molecule has 0 rings (SSSR count). The summed E-state index contributed by atoms with van der Waals surface area (Å²) in [5.41, 5.74) is -0.269. The molecule has 0 aromatic heterocycles. The average molecular weight is 159 g/mol. The normalized spacial score (nSPS) is 12.5. The zero-order valence-electron chi connectivity index (χ0n) is 6.76. The molecule has 0 aliphatic heterocycles. The highest BCUT2D eigenvalue weighted by molar-refractivity contribution is 6.35. The number of carboxylic acids is 1. The van der Waals surface area contributed by atoms with Crippen LogP contribution in [0.25, 0.3) is 0 Å². The Bertz CT molecular complexity index is 156. The zero-order chi connectivity index (χ0) is 8.85. The van der Waals surface area contributed by atoms with Gasteiger partial charge in [0, 0.05) is 13.0 Å². The van der Waals surface area contributed by atoms with Gasteiger partial charge in [0.15, 0.2) is 0 Å². The lowest BCUT2D eigenvalue weighted by molar-refractivity contribution is -0.129. The molecule has 0 amide bonds. The number of ether oxygens (including phenoxy) is 1. The van der Waals surface area contributed by atoms with Crippen LogP contribution in [0, 0.1) is 11.3 Å². The Morgan fingerprint density at radius 3 is 2.55 bits per heavy atom. The van der Waals surface area contributed by atoms with E-state index in [1.54, 1.807) is 0 Å². The van der Waals surface area contributed by atoms with Gasteiger partial charge in [-0.3, -0.25) is 5.41 Å². The predicted molar refractivity (Wildman–Crippen MR) is 41.0 cm³/mol. The highest BCUT2D eigenvalue weighted by atomic mass is 16.5. The first-order chi connectivity index (χ1) is 5.13. The maximum Gasteiger partial charge on any atom is 0.349 e. The van der Waals surface area contributed by atoms with E-state index in [0.29, 0.717) is 13.0 Å². The summed E-state index contributed by atoms with van der Waals surface area (Å²) in [4.78, 5) is 10.3. The van der Waals surface area contributed by atoms with Crippen molar-refractivity contribution in [2.45, 2.75) is 13.3 Å². The fourth-order valence-corrected chi connectivity index (χ4v) is 0.781. The molecule has 0 aliphatic carbocycles. The van der Waals surface area contributed by atoms with Crippen molar-refractivity contribution in [1.29, 1.82) is 5.41 Å². The topological polar surface area (TPSA) is 70.4 Å². The SMILES string of the molecule is CC[C@@H](COC)C(=N)C(=O)O. The summed E-state index contributed by atoms with van der Waals surface area (Å²) >= 11 is 0. The number of methoxy groups -OCH3 is 1. The summed E-state index contributed by atoms with van der Waals surface area (Å²) < 4.78 is 4.76. The smallest absolute Gasteiger partial charge is 0.349 e. The second-order valence-corrected chi connectivity index (χ2v) is 2.28. The van der Waals surface area contributed by atoms with Crippen LogP contribution in [0.5, 0.6) is 0 Å². The number of carbonyl (C=O) groups is 1. The van der Waals surface area contributed by atoms with Crippen LogP contribution in [0.2, 0.25) is 0 Å². The second-order valence-electron chi connectivity index (χ2n) is 2.28. The highest BCUT2D eigenvalue weighted by Crippen LogP contribution is 2.04. The second kappa shape index (κ2) is 4.85. The summed E-state index contributed by atoms with van der Waals surface area (Å²) in [7, 11) is 1.50. The van der Waals surface area contributed by atoms with Crippen molar-refractivity contribution in [1.82, 2.24) is 0 Å². The number of hydrogen-bond donors (Lipinski definition) is 2. The Kier molecular flexibility index (Phi) is 4.45. The summed E-state index contributed by atoms with van der Waals surface area (Å²) in [5.74, 6) is -1.44. The Morgan fingerprint density at radius 1 is 1.73 bits per heavy atom. The van der Waals surface area contributed by atoms with Gasteiger partial charge in [0.1, 0.15) is 5.71 Å². The van der Waals surface area contributed by atoms with Gasteiger partial charge in [-0.25, -0.2) is 4.79 Å². The molecular formula is C7H13NO3. The van der Waals surface area contributed by atoms with E-state index in [-0.39, 0.29) is 11.6 Å². The summed E-state index contributed by atoms with van der Waals surface area (Å²) in [5, 5.41) is 15.6. The van der Waals surface area contributed by atoms with E-state index < -0.39 is 5.97 Å². The van der Waals surface area contributed by atoms with Gasteiger partial charge in [-0.15, -0.1) is 0 Å². The first kappa shape index (κ1) is 10.1. The van der Waals surface area contributed by atoms with Crippen molar-refractivity contribution >= 4 is 11.7 Å². The summed E-state index contributed by atoms with van der Waals surface area (Å²) in [6, 6.07) is 0. The molecule has 64 valence electrons. The van der Waals surface area contributed by atoms with Gasteiger partial charge < -0.3 is 9.84 Å². The quantitative estimate of drug-likeness (QED) is 0.582. The van der Waals surface area contributed by atoms with Crippen LogP contribution in [-0.4, -0.2) is 30.5 Å². The van der Waals surface area contributed by atoms with Crippen LogP contribution >= 0.6 is 0 Å². The zero-order valence-corrected chi connectivity index (χ0v) is 6.76. The number of aliphatic carboxylic acids is 1. The molecule has 0 heterocycles. The Hall–Kier alpha value is -0.900. The van der Waals surface area contributed by atoms with E-state index in [1.807, 2.05) is 6.92 Å². The third-order valence-electron chi connectivity index (χ3n) is 1.50. The van der Waals surface area contributed by atoms with E-state index in [1.165, 1.54) is 7.11 Å². The molecule has 0 bridgehead atoms. The molecule has 0 saturated heterocycles. The van der Waals surface area contributed by atoms with E-state index in [2.05, 4.69) is 0 Å². The summed E-state index contributed by atoms with van der Waals surface area (Å²) in [6.45, 7) is 2.14. The molecule has 1 atom stereocenters. The lowest BCUT2D eigenvalue weighted by Crippen LogP contribution is -2.25. The summed E-state index contributed by atoms with van der Waals surface area (Å²) in [6.07, 6.45) is 0.624. The van der Waals surface area contributed by atoms with E-state index in [0.717, 1.165) is 0 Å². The van der Waals surface area contributed by atoms with Gasteiger partial charge in [0.25, 0.3) is 0 Å². The van der Waals surface area contributed by atoms with E-state index in [4.69, 9.17) is 15.3 Å². The minimum absolute atomic E-state index is 0.269. The number of nitrogens with one attached hydrogen (secondary N) is 1. The minimum atomic E-state index is -1.16. The van der Waals surface area contributed by atoms with Gasteiger partial charge in [-0.05, 0) is 6.42 Å². The fourth-order valence-electron chi connectivity index (χ4n) is 0.781. The monoisotopic (exact) mass is 159 g/mol. The molecule has 0 fully saturated rings. The van der Waals surface area contributed by atoms with E-state index in [9.17, 15) is 4.79 Å². The molecule has 0 saturated carbocycles. The Balaban J connectivity index is 4.02. The van der Waals surface area contributed by atoms with Crippen molar-refractivity contribution in [3.63, 3.8) is 0 Å². The number of rotatable bonds is 5. The fraction of sp³-hybridized carbons (Fsp3) is 0.714. The number of hydrogen-bond acceptors (Lipinski definition) is 3. The molecular weight excluding hydrogens is 146 g/mol. The van der Waals surface area contributed by atoms with Crippen molar-refractivity contribution in [3.05, 3.63) is 0 Å². The van der Waals surface area contributed by atoms with Gasteiger partial charge >= 0.3 is 5.97 Å². The predicted octanol–water partition coefficient (Wildman–Crippen LogP) is 0.763. The highest BCUT2D eigenvalue weighted by Gasteiger charge is 2.18. The van der Waals surface area contributed by atoms with Crippen molar-refractivity contribution in [2.24, 2.45) is 5.92 Å². The Morgan fingerprint density at radius 2 is 2.27 bits per heavy atom. The molecule has 0 radical (unpaired) electrons.